The molecule has 3 heterocycles. The van der Waals surface area contributed by atoms with E-state index >= 15 is 0 Å². The van der Waals surface area contributed by atoms with Crippen molar-refractivity contribution in [2.24, 2.45) is 0 Å². The van der Waals surface area contributed by atoms with E-state index < -0.39 is 0 Å². The van der Waals surface area contributed by atoms with Crippen LogP contribution in [0.3, 0.4) is 0 Å². The summed E-state index contributed by atoms with van der Waals surface area (Å²) in [6, 6.07) is 6.05. The summed E-state index contributed by atoms with van der Waals surface area (Å²) in [5.41, 5.74) is 3.83. The first-order chi connectivity index (χ1) is 14.2. The van der Waals surface area contributed by atoms with E-state index in [4.69, 9.17) is 23.7 Å². The highest BCUT2D eigenvalue weighted by molar-refractivity contribution is 5.92. The summed E-state index contributed by atoms with van der Waals surface area (Å²) in [6.45, 7) is 0.854. The van der Waals surface area contributed by atoms with Crippen LogP contribution in [0.1, 0.15) is 11.1 Å². The van der Waals surface area contributed by atoms with Gasteiger partial charge in [0.25, 0.3) is 0 Å². The van der Waals surface area contributed by atoms with E-state index in [1.54, 1.807) is 21.3 Å². The number of pyridine rings is 1. The van der Waals surface area contributed by atoms with Gasteiger partial charge < -0.3 is 28.8 Å². The molecule has 150 valence electrons. The molecule has 29 heavy (non-hydrogen) atoms. The lowest BCUT2D eigenvalue weighted by atomic mass is 9.93. The molecule has 1 N–H and O–H groups in total. The maximum absolute atomic E-state index is 10.1. The third kappa shape index (κ3) is 2.50. The number of aryl methyl sites for hydroxylation is 2. The van der Waals surface area contributed by atoms with E-state index in [-0.39, 0.29) is 13.4 Å². The zero-order chi connectivity index (χ0) is 20.1. The van der Waals surface area contributed by atoms with E-state index in [0.29, 0.717) is 28.6 Å². The second-order valence-electron chi connectivity index (χ2n) is 7.03. The Bertz CT molecular complexity index is 1140. The smallest absolute Gasteiger partial charge is 0.231 e. The number of aliphatic hydroxyl groups is 1. The molecule has 0 radical (unpaired) electrons. The lowest BCUT2D eigenvalue weighted by Gasteiger charge is -2.20. The van der Waals surface area contributed by atoms with Crippen LogP contribution in [-0.4, -0.2) is 33.2 Å². The van der Waals surface area contributed by atoms with Gasteiger partial charge in [-0.25, -0.2) is 0 Å². The van der Waals surface area contributed by atoms with Crippen molar-refractivity contribution in [3.05, 3.63) is 35.5 Å². The topological polar surface area (TPSA) is 70.3 Å². The van der Waals surface area contributed by atoms with Crippen LogP contribution in [0.4, 0.5) is 0 Å². The van der Waals surface area contributed by atoms with Crippen molar-refractivity contribution in [3.63, 3.8) is 0 Å². The fourth-order valence-corrected chi connectivity index (χ4v) is 4.37. The molecule has 3 aromatic rings. The van der Waals surface area contributed by atoms with Gasteiger partial charge in [0.1, 0.15) is 0 Å². The number of aliphatic hydroxyl groups excluding tert-OH is 1. The Morgan fingerprint density at radius 3 is 2.59 bits per heavy atom. The first-order valence-corrected chi connectivity index (χ1v) is 9.41. The number of methoxy groups -OCH3 is 3. The van der Waals surface area contributed by atoms with Crippen LogP contribution in [-0.2, 0) is 19.6 Å². The molecule has 0 fully saturated rings. The Balaban J connectivity index is 1.83. The normalized spacial score (nSPS) is 13.8. The molecule has 0 spiro atoms. The van der Waals surface area contributed by atoms with Crippen LogP contribution >= 0.6 is 0 Å². The van der Waals surface area contributed by atoms with Crippen LogP contribution in [0.15, 0.2) is 24.4 Å². The van der Waals surface area contributed by atoms with Crippen LogP contribution in [0, 0.1) is 0 Å². The van der Waals surface area contributed by atoms with Crippen LogP contribution in [0.5, 0.6) is 28.7 Å². The molecule has 2 aliphatic heterocycles. The minimum atomic E-state index is -0.161. The first-order valence-electron chi connectivity index (χ1n) is 9.41. The second-order valence-corrected chi connectivity index (χ2v) is 7.03. The van der Waals surface area contributed by atoms with Crippen molar-refractivity contribution >= 4 is 10.8 Å². The summed E-state index contributed by atoms with van der Waals surface area (Å²) in [7, 11) is 4.82. The number of nitrogens with zero attached hydrogens (tertiary/aromatic N) is 1. The zero-order valence-electron chi connectivity index (χ0n) is 16.6. The molecule has 0 atom stereocenters. The largest absolute Gasteiger partial charge is 0.493 e. The Labute approximate surface area is 168 Å². The quantitative estimate of drug-likeness (QED) is 0.684. The predicted molar refractivity (Wildman–Crippen MR) is 105 cm³/mol. The molecular formula is C22H22NO6+. The van der Waals surface area contributed by atoms with Crippen molar-refractivity contribution in [2.45, 2.75) is 19.6 Å². The molecule has 1 aromatic heterocycles. The molecule has 2 aromatic carbocycles. The predicted octanol–water partition coefficient (Wildman–Crippen LogP) is 2.60. The van der Waals surface area contributed by atoms with E-state index in [1.807, 2.05) is 12.1 Å². The number of ether oxygens (including phenoxy) is 5. The fourth-order valence-electron chi connectivity index (χ4n) is 4.37. The first kappa shape index (κ1) is 17.9. The van der Waals surface area contributed by atoms with E-state index in [9.17, 15) is 5.11 Å². The highest BCUT2D eigenvalue weighted by Gasteiger charge is 2.34. The fraction of sp³-hybridized carbons (Fsp3) is 0.318. The molecular weight excluding hydrogens is 374 g/mol. The third-order valence-corrected chi connectivity index (χ3v) is 5.67. The van der Waals surface area contributed by atoms with Gasteiger partial charge in [0, 0.05) is 23.4 Å². The molecule has 7 heteroatoms. The number of benzene rings is 2. The molecule has 0 saturated heterocycles. The van der Waals surface area contributed by atoms with Gasteiger partial charge in [-0.05, 0) is 17.7 Å². The molecule has 0 aliphatic carbocycles. The summed E-state index contributed by atoms with van der Waals surface area (Å²) in [5.74, 6) is 3.17. The zero-order valence-corrected chi connectivity index (χ0v) is 16.6. The van der Waals surface area contributed by atoms with Gasteiger partial charge in [-0.3, -0.25) is 0 Å². The number of hydrogen-bond acceptors (Lipinski definition) is 6. The SMILES string of the molecule is COc1cc2c[n+]3c(cc2c(CO)c1OC)-c1c(cc2c(c1OC)OCO2)CC3. The molecule has 0 unspecified atom stereocenters. The van der Waals surface area contributed by atoms with Crippen LogP contribution in [0.2, 0.25) is 0 Å². The Kier molecular flexibility index (Phi) is 4.13. The van der Waals surface area contributed by atoms with Crippen molar-refractivity contribution in [2.75, 3.05) is 28.1 Å². The maximum Gasteiger partial charge on any atom is 0.231 e. The second kappa shape index (κ2) is 6.70. The number of rotatable bonds is 4. The van der Waals surface area contributed by atoms with Crippen LogP contribution < -0.4 is 28.3 Å². The highest BCUT2D eigenvalue weighted by Crippen LogP contribution is 2.50. The highest BCUT2D eigenvalue weighted by atomic mass is 16.7. The number of aromatic nitrogens is 1. The van der Waals surface area contributed by atoms with Gasteiger partial charge in [0.15, 0.2) is 35.7 Å². The van der Waals surface area contributed by atoms with Crippen molar-refractivity contribution in [1.82, 2.24) is 0 Å². The summed E-state index contributed by atoms with van der Waals surface area (Å²) in [4.78, 5) is 0. The Morgan fingerprint density at radius 1 is 1.03 bits per heavy atom. The van der Waals surface area contributed by atoms with Gasteiger partial charge in [0.2, 0.25) is 18.2 Å². The minimum Gasteiger partial charge on any atom is -0.493 e. The average Bonchev–Trinajstić information content (AvgIpc) is 3.22. The van der Waals surface area contributed by atoms with E-state index in [2.05, 4.69) is 16.8 Å². The third-order valence-electron chi connectivity index (χ3n) is 5.67. The van der Waals surface area contributed by atoms with Gasteiger partial charge in [-0.15, -0.1) is 0 Å². The molecule has 7 nitrogen and oxygen atoms in total. The monoisotopic (exact) mass is 396 g/mol. The summed E-state index contributed by atoms with van der Waals surface area (Å²) >= 11 is 0. The number of fused-ring (bicyclic) bond motifs is 5. The van der Waals surface area contributed by atoms with E-state index in [1.165, 1.54) is 0 Å². The maximum atomic E-state index is 10.1. The Morgan fingerprint density at radius 2 is 1.86 bits per heavy atom. The van der Waals surface area contributed by atoms with Crippen molar-refractivity contribution in [3.8, 4) is 40.0 Å². The lowest BCUT2D eigenvalue weighted by molar-refractivity contribution is -0.686. The van der Waals surface area contributed by atoms with Gasteiger partial charge in [-0.1, -0.05) is 0 Å². The molecule has 0 amide bonds. The van der Waals surface area contributed by atoms with Gasteiger partial charge >= 0.3 is 0 Å². The van der Waals surface area contributed by atoms with Crippen LogP contribution in [0.25, 0.3) is 22.0 Å². The summed E-state index contributed by atoms with van der Waals surface area (Å²) in [6.07, 6.45) is 2.93. The summed E-state index contributed by atoms with van der Waals surface area (Å²) in [5, 5.41) is 12.0. The minimum absolute atomic E-state index is 0.161. The Hall–Kier alpha value is -3.19. The molecule has 2 aliphatic rings. The lowest BCUT2D eigenvalue weighted by Crippen LogP contribution is -2.40. The van der Waals surface area contributed by atoms with Gasteiger partial charge in [0.05, 0.1) is 38.9 Å². The average molecular weight is 396 g/mol. The van der Waals surface area contributed by atoms with Gasteiger partial charge in [-0.2, -0.15) is 4.57 Å². The van der Waals surface area contributed by atoms with E-state index in [0.717, 1.165) is 46.3 Å². The standard InChI is InChI=1S/C22H22NO6/c1-25-17-7-13-9-23-5-4-12-6-18-21(29-11-28-18)22(27-3)19(12)16(23)8-14(13)15(10-24)20(17)26-2/h6-9,24H,4-5,10-11H2,1-3H3/q+1. The summed E-state index contributed by atoms with van der Waals surface area (Å²) < 4.78 is 30.2. The molecule has 5 rings (SSSR count). The number of hydrogen-bond donors (Lipinski definition) is 1. The van der Waals surface area contributed by atoms with Crippen molar-refractivity contribution < 1.29 is 33.4 Å². The molecule has 0 saturated carbocycles. The molecule has 0 bridgehead atoms. The van der Waals surface area contributed by atoms with Crippen molar-refractivity contribution in [1.29, 1.82) is 0 Å².